The number of carbonyl (C=O) groups excluding carboxylic acids is 1. The van der Waals surface area contributed by atoms with Crippen LogP contribution in [0.4, 0.5) is 0 Å². The summed E-state index contributed by atoms with van der Waals surface area (Å²) < 4.78 is 0.811. The first-order valence-electron chi connectivity index (χ1n) is 7.38. The maximum absolute atomic E-state index is 12.5. The molecule has 1 aliphatic carbocycles. The van der Waals surface area contributed by atoms with Gasteiger partial charge in [0.1, 0.15) is 5.69 Å². The lowest BCUT2D eigenvalue weighted by molar-refractivity contribution is 0.0423. The maximum atomic E-state index is 12.5. The molecule has 2 fully saturated rings. The minimum Gasteiger partial charge on any atom is -0.337 e. The van der Waals surface area contributed by atoms with Crippen LogP contribution >= 0.6 is 15.9 Å². The summed E-state index contributed by atoms with van der Waals surface area (Å²) in [5.74, 6) is 0.269. The second kappa shape index (κ2) is 4.67. The molecular weight excluding hydrogens is 346 g/mol. The molecule has 1 aliphatic heterocycles. The van der Waals surface area contributed by atoms with Gasteiger partial charge < -0.3 is 15.6 Å². The molecule has 4 rings (SSSR count). The molecule has 0 bridgehead atoms. The molecule has 6 heteroatoms. The number of benzene rings is 1. The molecule has 3 N–H and O–H groups in total. The lowest BCUT2D eigenvalue weighted by atomic mass is 9.89. The minimum absolute atomic E-state index is 0.0450. The number of aromatic nitrogens is 1. The van der Waals surface area contributed by atoms with Gasteiger partial charge in [-0.25, -0.2) is 0 Å². The molecule has 5 nitrogen and oxygen atoms in total. The Hall–Kier alpha value is -1.66. The number of nitrogens with zero attached hydrogens (tertiary/aromatic N) is 1. The quantitative estimate of drug-likeness (QED) is 0.856. The van der Waals surface area contributed by atoms with Gasteiger partial charge in [-0.15, -0.1) is 0 Å². The summed E-state index contributed by atoms with van der Waals surface area (Å²) in [5.41, 5.74) is 6.22. The van der Waals surface area contributed by atoms with Crippen LogP contribution in [0.1, 0.15) is 23.3 Å². The van der Waals surface area contributed by atoms with Crippen molar-refractivity contribution in [2.75, 3.05) is 13.1 Å². The second-order valence-corrected chi connectivity index (χ2v) is 7.21. The third-order valence-electron chi connectivity index (χ3n) is 4.87. The number of hydrogen-bond donors (Lipinski definition) is 2. The van der Waals surface area contributed by atoms with Gasteiger partial charge in [-0.3, -0.25) is 9.59 Å². The van der Waals surface area contributed by atoms with Crippen LogP contribution < -0.4 is 11.3 Å². The van der Waals surface area contributed by atoms with Crippen LogP contribution in [0.3, 0.4) is 0 Å². The van der Waals surface area contributed by atoms with Gasteiger partial charge in [0.15, 0.2) is 0 Å². The number of likely N-dealkylation sites (tertiary alicyclic amines) is 1. The van der Waals surface area contributed by atoms with Crippen molar-refractivity contribution in [3.05, 3.63) is 44.8 Å². The Labute approximate surface area is 135 Å². The number of nitrogens with one attached hydrogen (secondary N) is 1. The van der Waals surface area contributed by atoms with Gasteiger partial charge in [-0.2, -0.15) is 0 Å². The van der Waals surface area contributed by atoms with Gasteiger partial charge in [0.2, 0.25) is 0 Å². The van der Waals surface area contributed by atoms with Crippen molar-refractivity contribution in [2.45, 2.75) is 18.4 Å². The van der Waals surface area contributed by atoms with Crippen molar-refractivity contribution in [1.82, 2.24) is 9.88 Å². The van der Waals surface area contributed by atoms with Gasteiger partial charge in [0, 0.05) is 39.8 Å². The number of pyridine rings is 1. The minimum atomic E-state index is -0.239. The fraction of sp³-hybridized carbons (Fsp3) is 0.375. The predicted octanol–water partition coefficient (Wildman–Crippen LogP) is 1.85. The predicted molar refractivity (Wildman–Crippen MR) is 87.8 cm³/mol. The second-order valence-electron chi connectivity index (χ2n) is 6.35. The SMILES string of the molecule is NC1(C2CN(C(=O)c3cc4c(Br)cccc4c(=O)[nH]3)C2)CC1. The van der Waals surface area contributed by atoms with E-state index in [1.807, 2.05) is 6.07 Å². The van der Waals surface area contributed by atoms with Crippen molar-refractivity contribution < 1.29 is 4.79 Å². The summed E-state index contributed by atoms with van der Waals surface area (Å²) in [5, 5.41) is 1.33. The highest BCUT2D eigenvalue weighted by molar-refractivity contribution is 9.10. The number of carbonyl (C=O) groups is 1. The molecule has 0 radical (unpaired) electrons. The fourth-order valence-electron chi connectivity index (χ4n) is 3.10. The largest absolute Gasteiger partial charge is 0.337 e. The average molecular weight is 362 g/mol. The van der Waals surface area contributed by atoms with Crippen LogP contribution in [-0.2, 0) is 0 Å². The van der Waals surface area contributed by atoms with E-state index in [2.05, 4.69) is 20.9 Å². The smallest absolute Gasteiger partial charge is 0.270 e. The molecule has 0 spiro atoms. The summed E-state index contributed by atoms with van der Waals surface area (Å²) in [6.07, 6.45) is 2.11. The third-order valence-corrected chi connectivity index (χ3v) is 5.57. The first kappa shape index (κ1) is 14.0. The Morgan fingerprint density at radius 1 is 1.32 bits per heavy atom. The van der Waals surface area contributed by atoms with Crippen molar-refractivity contribution in [1.29, 1.82) is 0 Å². The van der Waals surface area contributed by atoms with E-state index in [1.54, 1.807) is 23.1 Å². The lowest BCUT2D eigenvalue weighted by Gasteiger charge is -2.42. The molecule has 2 aromatic rings. The highest BCUT2D eigenvalue weighted by Gasteiger charge is 2.51. The molecule has 0 atom stereocenters. The molecule has 1 saturated heterocycles. The average Bonchev–Trinajstić information content (AvgIpc) is 3.16. The number of halogens is 1. The van der Waals surface area contributed by atoms with E-state index < -0.39 is 0 Å². The van der Waals surface area contributed by atoms with Crippen LogP contribution in [0, 0.1) is 5.92 Å². The van der Waals surface area contributed by atoms with E-state index in [0.717, 1.165) is 22.7 Å². The summed E-state index contributed by atoms with van der Waals surface area (Å²) >= 11 is 3.43. The van der Waals surface area contributed by atoms with Crippen LogP contribution in [0.15, 0.2) is 33.5 Å². The summed E-state index contributed by atoms with van der Waals surface area (Å²) in [4.78, 5) is 29.1. The molecular formula is C16H16BrN3O2. The Bertz CT molecular complexity index is 835. The molecule has 22 heavy (non-hydrogen) atoms. The highest BCUT2D eigenvalue weighted by atomic mass is 79.9. The number of H-pyrrole nitrogens is 1. The van der Waals surface area contributed by atoms with Gasteiger partial charge in [0.25, 0.3) is 11.5 Å². The van der Waals surface area contributed by atoms with Gasteiger partial charge >= 0.3 is 0 Å². The normalized spacial score (nSPS) is 20.0. The molecule has 1 aromatic heterocycles. The Morgan fingerprint density at radius 3 is 2.73 bits per heavy atom. The van der Waals surface area contributed by atoms with Gasteiger partial charge in [0.05, 0.1) is 0 Å². The van der Waals surface area contributed by atoms with Crippen LogP contribution in [-0.4, -0.2) is 34.4 Å². The molecule has 2 heterocycles. The first-order valence-corrected chi connectivity index (χ1v) is 8.17. The Balaban J connectivity index is 1.63. The van der Waals surface area contributed by atoms with Crippen molar-refractivity contribution in [2.24, 2.45) is 11.7 Å². The molecule has 0 unspecified atom stereocenters. The van der Waals surface area contributed by atoms with E-state index in [9.17, 15) is 9.59 Å². The summed E-state index contributed by atoms with van der Waals surface area (Å²) in [6, 6.07) is 7.16. The van der Waals surface area contributed by atoms with Crippen molar-refractivity contribution in [3.8, 4) is 0 Å². The molecule has 114 valence electrons. The van der Waals surface area contributed by atoms with Crippen LogP contribution in [0.5, 0.6) is 0 Å². The molecule has 2 aliphatic rings. The third kappa shape index (κ3) is 2.09. The number of rotatable bonds is 2. The number of aromatic amines is 1. The maximum Gasteiger partial charge on any atom is 0.270 e. The van der Waals surface area contributed by atoms with E-state index in [4.69, 9.17) is 5.73 Å². The first-order chi connectivity index (χ1) is 10.5. The number of fused-ring (bicyclic) bond motifs is 1. The van der Waals surface area contributed by atoms with Crippen LogP contribution in [0.2, 0.25) is 0 Å². The lowest BCUT2D eigenvalue weighted by Crippen LogP contribution is -2.57. The van der Waals surface area contributed by atoms with Gasteiger partial charge in [-0.1, -0.05) is 22.0 Å². The van der Waals surface area contributed by atoms with Crippen molar-refractivity contribution >= 4 is 32.6 Å². The summed E-state index contributed by atoms with van der Waals surface area (Å²) in [6.45, 7) is 1.37. The molecule has 1 saturated carbocycles. The zero-order valence-electron chi connectivity index (χ0n) is 11.9. The molecule has 1 aromatic carbocycles. The fourth-order valence-corrected chi connectivity index (χ4v) is 3.58. The van der Waals surface area contributed by atoms with E-state index in [-0.39, 0.29) is 17.0 Å². The van der Waals surface area contributed by atoms with E-state index >= 15 is 0 Å². The van der Waals surface area contributed by atoms with Gasteiger partial charge in [-0.05, 0) is 31.0 Å². The molecule has 1 amide bonds. The number of nitrogens with two attached hydrogens (primary N) is 1. The monoisotopic (exact) mass is 361 g/mol. The number of hydrogen-bond acceptors (Lipinski definition) is 3. The Morgan fingerprint density at radius 2 is 2.05 bits per heavy atom. The van der Waals surface area contributed by atoms with E-state index in [1.165, 1.54) is 0 Å². The zero-order chi connectivity index (χ0) is 15.5. The standard InChI is InChI=1S/C16H16BrN3O2/c17-12-3-1-2-10-11(12)6-13(19-14(10)21)15(22)20-7-9(8-20)16(18)4-5-16/h1-3,6,9H,4-5,7-8,18H2,(H,19,21). The zero-order valence-corrected chi connectivity index (χ0v) is 13.5. The van der Waals surface area contributed by atoms with Crippen molar-refractivity contribution in [3.63, 3.8) is 0 Å². The van der Waals surface area contributed by atoms with Crippen LogP contribution in [0.25, 0.3) is 10.8 Å². The summed E-state index contributed by atoms with van der Waals surface area (Å²) in [7, 11) is 0. The topological polar surface area (TPSA) is 79.2 Å². The van der Waals surface area contributed by atoms with E-state index in [0.29, 0.717) is 30.1 Å². The Kier molecular flexibility index (Phi) is 2.96. The highest BCUT2D eigenvalue weighted by Crippen LogP contribution is 2.43. The number of amides is 1.